The molecule has 0 unspecified atom stereocenters. The Morgan fingerprint density at radius 2 is 1.47 bits per heavy atom. The van der Waals surface area contributed by atoms with Crippen molar-refractivity contribution in [1.82, 2.24) is 0 Å². The largest absolute Gasteiger partial charge is 0.0876 e. The van der Waals surface area contributed by atoms with Crippen LogP contribution in [0.1, 0.15) is 22.3 Å². The molecule has 0 atom stereocenters. The van der Waals surface area contributed by atoms with Crippen molar-refractivity contribution in [2.75, 3.05) is 0 Å². The maximum absolute atomic E-state index is 3.62. The summed E-state index contributed by atoms with van der Waals surface area (Å²) < 4.78 is 0. The minimum atomic E-state index is 0.899. The third-order valence-corrected chi connectivity index (χ3v) is 4.56. The van der Waals surface area contributed by atoms with Crippen molar-refractivity contribution >= 4 is 37.5 Å². The van der Waals surface area contributed by atoms with Crippen molar-refractivity contribution in [2.45, 2.75) is 26.1 Å². The second-order valence-corrected chi connectivity index (χ2v) is 5.94. The molecule has 0 heterocycles. The summed E-state index contributed by atoms with van der Waals surface area (Å²) in [5.74, 6) is 0. The minimum Gasteiger partial charge on any atom is -0.0876 e. The lowest BCUT2D eigenvalue weighted by atomic mass is 9.93. The van der Waals surface area contributed by atoms with Gasteiger partial charge in [0.15, 0.2) is 0 Å². The van der Waals surface area contributed by atoms with E-state index in [-0.39, 0.29) is 0 Å². The average molecular weight is 313 g/mol. The molecule has 0 nitrogen and oxygen atoms in total. The van der Waals surface area contributed by atoms with Crippen LogP contribution in [0.15, 0.2) is 36.4 Å². The van der Waals surface area contributed by atoms with Crippen LogP contribution >= 0.6 is 15.9 Å². The molecule has 3 rings (SSSR count). The second kappa shape index (κ2) is 4.64. The van der Waals surface area contributed by atoms with Gasteiger partial charge in [0.2, 0.25) is 0 Å². The van der Waals surface area contributed by atoms with E-state index in [9.17, 15) is 0 Å². The standard InChI is InChI=1S/C18H17Br/c1-11-4-5-14-9-15(10-19)17-7-12(2)13(3)8-18(17)16(14)6-11/h4-9H,10H2,1-3H3. The topological polar surface area (TPSA) is 0 Å². The lowest BCUT2D eigenvalue weighted by Gasteiger charge is -2.12. The molecule has 3 aromatic rings. The maximum Gasteiger partial charge on any atom is 0.0289 e. The van der Waals surface area contributed by atoms with Crippen LogP contribution in [0.2, 0.25) is 0 Å². The van der Waals surface area contributed by atoms with Crippen LogP contribution in [-0.4, -0.2) is 0 Å². The van der Waals surface area contributed by atoms with Crippen LogP contribution < -0.4 is 0 Å². The van der Waals surface area contributed by atoms with Gasteiger partial charge in [-0.05, 0) is 65.1 Å². The highest BCUT2D eigenvalue weighted by atomic mass is 79.9. The summed E-state index contributed by atoms with van der Waals surface area (Å²) in [7, 11) is 0. The van der Waals surface area contributed by atoms with Gasteiger partial charge in [0.1, 0.15) is 0 Å². The fourth-order valence-electron chi connectivity index (χ4n) is 2.71. The molecule has 0 aliphatic carbocycles. The van der Waals surface area contributed by atoms with Crippen LogP contribution in [0.4, 0.5) is 0 Å². The first-order valence-electron chi connectivity index (χ1n) is 6.59. The molecule has 0 fully saturated rings. The van der Waals surface area contributed by atoms with Gasteiger partial charge in [-0.1, -0.05) is 51.8 Å². The van der Waals surface area contributed by atoms with Gasteiger partial charge in [-0.15, -0.1) is 0 Å². The van der Waals surface area contributed by atoms with Gasteiger partial charge in [-0.25, -0.2) is 0 Å². The highest BCUT2D eigenvalue weighted by Crippen LogP contribution is 2.32. The average Bonchev–Trinajstić information content (AvgIpc) is 2.40. The highest BCUT2D eigenvalue weighted by Gasteiger charge is 2.08. The van der Waals surface area contributed by atoms with Crippen LogP contribution in [0.5, 0.6) is 0 Å². The molecule has 0 aromatic heterocycles. The number of fused-ring (bicyclic) bond motifs is 3. The van der Waals surface area contributed by atoms with E-state index in [1.54, 1.807) is 0 Å². The predicted octanol–water partition coefficient (Wildman–Crippen LogP) is 5.81. The van der Waals surface area contributed by atoms with Crippen LogP contribution in [0.3, 0.4) is 0 Å². The van der Waals surface area contributed by atoms with Gasteiger partial charge in [0.25, 0.3) is 0 Å². The van der Waals surface area contributed by atoms with Gasteiger partial charge >= 0.3 is 0 Å². The number of halogens is 1. The van der Waals surface area contributed by atoms with Gasteiger partial charge in [-0.3, -0.25) is 0 Å². The maximum atomic E-state index is 3.62. The molecule has 0 radical (unpaired) electrons. The molecule has 0 N–H and O–H groups in total. The second-order valence-electron chi connectivity index (χ2n) is 5.38. The summed E-state index contributed by atoms with van der Waals surface area (Å²) in [6.07, 6.45) is 0. The lowest BCUT2D eigenvalue weighted by Crippen LogP contribution is -1.89. The zero-order valence-electron chi connectivity index (χ0n) is 11.5. The molecule has 96 valence electrons. The normalized spacial score (nSPS) is 11.4. The smallest absolute Gasteiger partial charge is 0.0289 e. The zero-order chi connectivity index (χ0) is 13.6. The third-order valence-electron chi connectivity index (χ3n) is 3.95. The molecule has 0 amide bonds. The number of alkyl halides is 1. The molecule has 0 saturated carbocycles. The first-order valence-corrected chi connectivity index (χ1v) is 7.71. The predicted molar refractivity (Wildman–Crippen MR) is 88.3 cm³/mol. The summed E-state index contributed by atoms with van der Waals surface area (Å²) in [5.41, 5.74) is 5.41. The first-order chi connectivity index (χ1) is 9.10. The summed E-state index contributed by atoms with van der Waals surface area (Å²) in [5, 5.41) is 6.34. The summed E-state index contributed by atoms with van der Waals surface area (Å²) in [6.45, 7) is 6.54. The highest BCUT2D eigenvalue weighted by molar-refractivity contribution is 9.08. The number of rotatable bonds is 1. The van der Waals surface area contributed by atoms with Crippen molar-refractivity contribution in [3.63, 3.8) is 0 Å². The number of hydrogen-bond acceptors (Lipinski definition) is 0. The Kier molecular flexibility index (Phi) is 3.10. The molecule has 0 aliphatic heterocycles. The van der Waals surface area contributed by atoms with Gasteiger partial charge in [0.05, 0.1) is 0 Å². The van der Waals surface area contributed by atoms with Crippen LogP contribution in [0, 0.1) is 20.8 Å². The monoisotopic (exact) mass is 312 g/mol. The Balaban J connectivity index is 2.56. The molecular weight excluding hydrogens is 296 g/mol. The summed E-state index contributed by atoms with van der Waals surface area (Å²) >= 11 is 3.62. The molecule has 0 bridgehead atoms. The zero-order valence-corrected chi connectivity index (χ0v) is 13.1. The lowest BCUT2D eigenvalue weighted by molar-refractivity contribution is 1.36. The Morgan fingerprint density at radius 3 is 2.16 bits per heavy atom. The Morgan fingerprint density at radius 1 is 0.789 bits per heavy atom. The van der Waals surface area contributed by atoms with Crippen LogP contribution in [0.25, 0.3) is 21.5 Å². The number of hydrogen-bond donors (Lipinski definition) is 0. The van der Waals surface area contributed by atoms with E-state index in [1.807, 2.05) is 0 Å². The molecule has 0 aliphatic rings. The first kappa shape index (κ1) is 12.7. The van der Waals surface area contributed by atoms with Crippen molar-refractivity contribution in [2.24, 2.45) is 0 Å². The Bertz CT molecular complexity index is 785. The quantitative estimate of drug-likeness (QED) is 0.392. The van der Waals surface area contributed by atoms with Gasteiger partial charge in [0, 0.05) is 5.33 Å². The van der Waals surface area contributed by atoms with Gasteiger partial charge < -0.3 is 0 Å². The SMILES string of the molecule is Cc1ccc2cc(CBr)c3cc(C)c(C)cc3c2c1. The Hall–Kier alpha value is -1.34. The van der Waals surface area contributed by atoms with Crippen molar-refractivity contribution in [3.05, 3.63) is 58.7 Å². The van der Waals surface area contributed by atoms with E-state index in [0.717, 1.165) is 5.33 Å². The van der Waals surface area contributed by atoms with E-state index in [0.29, 0.717) is 0 Å². The van der Waals surface area contributed by atoms with E-state index >= 15 is 0 Å². The molecule has 19 heavy (non-hydrogen) atoms. The van der Waals surface area contributed by atoms with Gasteiger partial charge in [-0.2, -0.15) is 0 Å². The van der Waals surface area contributed by atoms with Crippen molar-refractivity contribution in [1.29, 1.82) is 0 Å². The van der Waals surface area contributed by atoms with E-state index in [2.05, 4.69) is 73.1 Å². The number of benzene rings is 3. The fourth-order valence-corrected chi connectivity index (χ4v) is 3.17. The molecule has 0 saturated heterocycles. The van der Waals surface area contributed by atoms with E-state index in [4.69, 9.17) is 0 Å². The third kappa shape index (κ3) is 2.06. The van der Waals surface area contributed by atoms with Crippen molar-refractivity contribution in [3.8, 4) is 0 Å². The van der Waals surface area contributed by atoms with E-state index < -0.39 is 0 Å². The molecular formula is C18H17Br. The fraction of sp³-hybridized carbons (Fsp3) is 0.222. The molecule has 3 aromatic carbocycles. The molecule has 1 heteroatoms. The van der Waals surface area contributed by atoms with Crippen LogP contribution in [-0.2, 0) is 5.33 Å². The van der Waals surface area contributed by atoms with E-state index in [1.165, 1.54) is 43.8 Å². The minimum absolute atomic E-state index is 0.899. The van der Waals surface area contributed by atoms with Crippen molar-refractivity contribution < 1.29 is 0 Å². The summed E-state index contributed by atoms with van der Waals surface area (Å²) in [6, 6.07) is 13.7. The number of aryl methyl sites for hydroxylation is 3. The summed E-state index contributed by atoms with van der Waals surface area (Å²) in [4.78, 5) is 0. The Labute approximate surface area is 122 Å². The molecule has 0 spiro atoms.